The van der Waals surface area contributed by atoms with Crippen molar-refractivity contribution < 1.29 is 4.74 Å². The number of hydrogen-bond donors (Lipinski definition) is 1. The highest BCUT2D eigenvalue weighted by atomic mass is 16.5. The van der Waals surface area contributed by atoms with Crippen LogP contribution in [0.15, 0.2) is 12.1 Å². The summed E-state index contributed by atoms with van der Waals surface area (Å²) in [6, 6.07) is 4.57. The first kappa shape index (κ1) is 13.0. The second kappa shape index (κ2) is 5.54. The maximum atomic E-state index is 6.21. The molecular formula is C17H25NO. The number of aryl methyl sites for hydroxylation is 1. The molecule has 0 unspecified atom stereocenters. The van der Waals surface area contributed by atoms with E-state index in [0.29, 0.717) is 5.92 Å². The lowest BCUT2D eigenvalue weighted by Gasteiger charge is -2.26. The summed E-state index contributed by atoms with van der Waals surface area (Å²) in [6.45, 7) is 7.59. The highest BCUT2D eigenvalue weighted by molar-refractivity contribution is 5.47. The molecule has 2 fully saturated rings. The van der Waals surface area contributed by atoms with Crippen molar-refractivity contribution in [2.24, 2.45) is 5.92 Å². The molecule has 1 saturated heterocycles. The lowest BCUT2D eigenvalue weighted by Crippen LogP contribution is -2.27. The van der Waals surface area contributed by atoms with Gasteiger partial charge in [0.05, 0.1) is 6.61 Å². The van der Waals surface area contributed by atoms with Crippen LogP contribution in [0.2, 0.25) is 0 Å². The maximum Gasteiger partial charge on any atom is 0.125 e. The second-order valence-corrected chi connectivity index (χ2v) is 6.20. The lowest BCUT2D eigenvalue weighted by molar-refractivity contribution is 0.290. The zero-order chi connectivity index (χ0) is 13.2. The molecule has 1 aromatic rings. The van der Waals surface area contributed by atoms with Crippen LogP contribution in [0.25, 0.3) is 0 Å². The fraction of sp³-hybridized carbons (Fsp3) is 0.647. The molecule has 2 nitrogen and oxygen atoms in total. The lowest BCUT2D eigenvalue weighted by atomic mass is 9.87. The predicted octanol–water partition coefficient (Wildman–Crippen LogP) is 3.56. The molecule has 1 heterocycles. The maximum absolute atomic E-state index is 6.21. The molecule has 0 atom stereocenters. The number of rotatable bonds is 4. The number of nitrogens with one attached hydrogen (secondary N) is 1. The van der Waals surface area contributed by atoms with Crippen molar-refractivity contribution in [1.29, 1.82) is 0 Å². The average Bonchev–Trinajstić information content (AvgIpc) is 3.25. The molecule has 104 valence electrons. The Bertz CT molecular complexity index is 445. The van der Waals surface area contributed by atoms with Crippen molar-refractivity contribution in [2.75, 3.05) is 19.7 Å². The zero-order valence-corrected chi connectivity index (χ0v) is 12.2. The minimum atomic E-state index is 0.676. The van der Waals surface area contributed by atoms with Crippen molar-refractivity contribution in [3.05, 3.63) is 28.8 Å². The Morgan fingerprint density at radius 2 is 1.84 bits per heavy atom. The molecule has 0 spiro atoms. The molecule has 1 N–H and O–H groups in total. The molecule has 0 aromatic heterocycles. The molecule has 0 amide bonds. The summed E-state index contributed by atoms with van der Waals surface area (Å²) < 4.78 is 6.21. The van der Waals surface area contributed by atoms with Gasteiger partial charge in [0, 0.05) is 0 Å². The van der Waals surface area contributed by atoms with Crippen LogP contribution in [0.1, 0.15) is 48.3 Å². The summed E-state index contributed by atoms with van der Waals surface area (Å²) in [7, 11) is 0. The van der Waals surface area contributed by atoms with E-state index >= 15 is 0 Å². The highest BCUT2D eigenvalue weighted by Crippen LogP contribution is 2.38. The van der Waals surface area contributed by atoms with Crippen LogP contribution in [-0.2, 0) is 0 Å². The summed E-state index contributed by atoms with van der Waals surface area (Å²) in [6.07, 6.45) is 5.19. The van der Waals surface area contributed by atoms with Gasteiger partial charge in [-0.2, -0.15) is 0 Å². The van der Waals surface area contributed by atoms with Gasteiger partial charge in [-0.25, -0.2) is 0 Å². The summed E-state index contributed by atoms with van der Waals surface area (Å²) in [5, 5.41) is 3.45. The SMILES string of the molecule is Cc1ccc(C2CCNCC2)c(OCC2CC2)c1C. The van der Waals surface area contributed by atoms with E-state index in [2.05, 4.69) is 31.3 Å². The van der Waals surface area contributed by atoms with Crippen LogP contribution in [0.5, 0.6) is 5.75 Å². The highest BCUT2D eigenvalue weighted by Gasteiger charge is 2.25. The number of benzene rings is 1. The Hall–Kier alpha value is -1.02. The molecule has 0 radical (unpaired) electrons. The molecule has 3 rings (SSSR count). The van der Waals surface area contributed by atoms with Gasteiger partial charge in [-0.05, 0) is 81.1 Å². The van der Waals surface area contributed by atoms with Crippen molar-refractivity contribution in [2.45, 2.75) is 45.4 Å². The first-order chi connectivity index (χ1) is 9.25. The largest absolute Gasteiger partial charge is 0.493 e. The van der Waals surface area contributed by atoms with E-state index in [-0.39, 0.29) is 0 Å². The van der Waals surface area contributed by atoms with E-state index in [1.54, 1.807) is 0 Å². The first-order valence-electron chi connectivity index (χ1n) is 7.69. The van der Waals surface area contributed by atoms with Gasteiger partial charge >= 0.3 is 0 Å². The smallest absolute Gasteiger partial charge is 0.125 e. The zero-order valence-electron chi connectivity index (χ0n) is 12.2. The van der Waals surface area contributed by atoms with Gasteiger partial charge in [0.15, 0.2) is 0 Å². The average molecular weight is 259 g/mol. The van der Waals surface area contributed by atoms with Gasteiger partial charge < -0.3 is 10.1 Å². The van der Waals surface area contributed by atoms with Crippen LogP contribution >= 0.6 is 0 Å². The molecule has 19 heavy (non-hydrogen) atoms. The Morgan fingerprint density at radius 1 is 1.11 bits per heavy atom. The minimum absolute atomic E-state index is 0.676. The van der Waals surface area contributed by atoms with Gasteiger partial charge in [-0.3, -0.25) is 0 Å². The molecule has 1 aliphatic heterocycles. The topological polar surface area (TPSA) is 21.3 Å². The van der Waals surface area contributed by atoms with Crippen molar-refractivity contribution in [1.82, 2.24) is 5.32 Å². The third-order valence-corrected chi connectivity index (χ3v) is 4.65. The van der Waals surface area contributed by atoms with Crippen molar-refractivity contribution in [3.63, 3.8) is 0 Å². The molecule has 0 bridgehead atoms. The molecule has 1 aromatic carbocycles. The van der Waals surface area contributed by atoms with Crippen LogP contribution in [-0.4, -0.2) is 19.7 Å². The monoisotopic (exact) mass is 259 g/mol. The second-order valence-electron chi connectivity index (χ2n) is 6.20. The minimum Gasteiger partial charge on any atom is -0.493 e. The van der Waals surface area contributed by atoms with E-state index in [1.807, 2.05) is 0 Å². The molecule has 2 heteroatoms. The third kappa shape index (κ3) is 2.94. The van der Waals surface area contributed by atoms with Gasteiger partial charge in [0.25, 0.3) is 0 Å². The van der Waals surface area contributed by atoms with E-state index in [9.17, 15) is 0 Å². The summed E-state index contributed by atoms with van der Waals surface area (Å²) in [5.41, 5.74) is 4.14. The molecule has 1 saturated carbocycles. The Balaban J connectivity index is 1.85. The van der Waals surface area contributed by atoms with Crippen LogP contribution in [0.3, 0.4) is 0 Å². The fourth-order valence-corrected chi connectivity index (χ4v) is 2.94. The quantitative estimate of drug-likeness (QED) is 0.892. The van der Waals surface area contributed by atoms with Gasteiger partial charge in [-0.15, -0.1) is 0 Å². The van der Waals surface area contributed by atoms with Crippen molar-refractivity contribution >= 4 is 0 Å². The van der Waals surface area contributed by atoms with Crippen LogP contribution in [0, 0.1) is 19.8 Å². The van der Waals surface area contributed by atoms with Gasteiger partial charge in [-0.1, -0.05) is 12.1 Å². The number of ether oxygens (including phenoxy) is 1. The van der Waals surface area contributed by atoms with E-state index in [4.69, 9.17) is 4.74 Å². The molecule has 2 aliphatic rings. The normalized spacial score (nSPS) is 20.5. The summed E-state index contributed by atoms with van der Waals surface area (Å²) in [5.74, 6) is 2.69. The van der Waals surface area contributed by atoms with E-state index < -0.39 is 0 Å². The van der Waals surface area contributed by atoms with Gasteiger partial charge in [0.1, 0.15) is 5.75 Å². The number of piperidine rings is 1. The van der Waals surface area contributed by atoms with E-state index in [0.717, 1.165) is 25.6 Å². The Morgan fingerprint density at radius 3 is 2.53 bits per heavy atom. The van der Waals surface area contributed by atoms with Crippen LogP contribution in [0.4, 0.5) is 0 Å². The van der Waals surface area contributed by atoms with Crippen LogP contribution < -0.4 is 10.1 Å². The van der Waals surface area contributed by atoms with Gasteiger partial charge in [0.2, 0.25) is 0 Å². The first-order valence-corrected chi connectivity index (χ1v) is 7.69. The predicted molar refractivity (Wildman–Crippen MR) is 79.0 cm³/mol. The summed E-state index contributed by atoms with van der Waals surface area (Å²) >= 11 is 0. The fourth-order valence-electron chi connectivity index (χ4n) is 2.94. The van der Waals surface area contributed by atoms with E-state index in [1.165, 1.54) is 48.1 Å². The number of hydrogen-bond acceptors (Lipinski definition) is 2. The Kier molecular flexibility index (Phi) is 3.79. The Labute approximate surface area is 116 Å². The van der Waals surface area contributed by atoms with Crippen molar-refractivity contribution in [3.8, 4) is 5.75 Å². The molecule has 1 aliphatic carbocycles. The third-order valence-electron chi connectivity index (χ3n) is 4.65. The standard InChI is InChI=1S/C17H25NO/c1-12-3-6-16(15-7-9-18-10-8-15)17(13(12)2)19-11-14-4-5-14/h3,6,14-15,18H,4-5,7-11H2,1-2H3. The molecular weight excluding hydrogens is 234 g/mol. The summed E-state index contributed by atoms with van der Waals surface area (Å²) in [4.78, 5) is 0.